The number of nitrogens with one attached hydrogen (secondary N) is 1. The molecule has 0 saturated carbocycles. The van der Waals surface area contributed by atoms with E-state index in [9.17, 15) is 4.79 Å². The molecular weight excluding hydrogens is 374 g/mol. The molecule has 0 saturated heterocycles. The Labute approximate surface area is 177 Å². The molecule has 4 rings (SSSR count). The minimum atomic E-state index is -0.0876. The lowest BCUT2D eigenvalue weighted by Gasteiger charge is -2.12. The number of anilines is 1. The van der Waals surface area contributed by atoms with Gasteiger partial charge in [-0.05, 0) is 54.7 Å². The fourth-order valence-electron chi connectivity index (χ4n) is 3.60. The quantitative estimate of drug-likeness (QED) is 0.397. The maximum atomic E-state index is 12.4. The molecule has 0 aliphatic carbocycles. The average Bonchev–Trinajstić information content (AvgIpc) is 3.09. The summed E-state index contributed by atoms with van der Waals surface area (Å²) < 4.78 is 11.5. The summed E-state index contributed by atoms with van der Waals surface area (Å²) in [6, 6.07) is 23.9. The Morgan fingerprint density at radius 2 is 1.70 bits per heavy atom. The van der Waals surface area contributed by atoms with Gasteiger partial charge in [0.1, 0.15) is 0 Å². The molecule has 3 aromatic rings. The van der Waals surface area contributed by atoms with E-state index in [1.165, 1.54) is 5.56 Å². The molecule has 3 aromatic carbocycles. The maximum Gasteiger partial charge on any atom is 0.256 e. The summed E-state index contributed by atoms with van der Waals surface area (Å²) in [4.78, 5) is 12.4. The molecule has 30 heavy (non-hydrogen) atoms. The third-order valence-electron chi connectivity index (χ3n) is 5.17. The van der Waals surface area contributed by atoms with Gasteiger partial charge in [-0.25, -0.2) is 0 Å². The summed E-state index contributed by atoms with van der Waals surface area (Å²) >= 11 is 0. The Hall–Kier alpha value is -3.53. The number of unbranched alkanes of at least 4 members (excludes halogenated alkanes) is 1. The van der Waals surface area contributed by atoms with Crippen molar-refractivity contribution < 1.29 is 14.3 Å². The Bertz CT molecular complexity index is 1060. The van der Waals surface area contributed by atoms with Crippen LogP contribution >= 0.6 is 0 Å². The van der Waals surface area contributed by atoms with Crippen molar-refractivity contribution in [2.75, 3.05) is 19.0 Å². The lowest BCUT2D eigenvalue weighted by Crippen LogP contribution is -2.03. The van der Waals surface area contributed by atoms with Crippen molar-refractivity contribution in [2.24, 2.45) is 0 Å². The van der Waals surface area contributed by atoms with Crippen LogP contribution in [0.3, 0.4) is 0 Å². The number of para-hydroxylation sites is 1. The first kappa shape index (κ1) is 19.8. The molecule has 1 heterocycles. The molecule has 0 spiro atoms. The molecule has 1 aliphatic heterocycles. The van der Waals surface area contributed by atoms with Crippen LogP contribution in [0.25, 0.3) is 11.6 Å². The smallest absolute Gasteiger partial charge is 0.256 e. The fourth-order valence-corrected chi connectivity index (χ4v) is 3.60. The van der Waals surface area contributed by atoms with E-state index in [1.807, 2.05) is 54.6 Å². The Morgan fingerprint density at radius 1 is 0.900 bits per heavy atom. The number of benzene rings is 3. The molecule has 1 amide bonds. The predicted octanol–water partition coefficient (Wildman–Crippen LogP) is 5.59. The fraction of sp³-hybridized carbons (Fsp3) is 0.192. The van der Waals surface area contributed by atoms with Gasteiger partial charge in [0, 0.05) is 16.8 Å². The number of hydrogen-bond acceptors (Lipinski definition) is 3. The van der Waals surface area contributed by atoms with E-state index in [2.05, 4.69) is 29.6 Å². The Balaban J connectivity index is 1.43. The number of carbonyl (C=O) groups is 1. The average molecular weight is 399 g/mol. The van der Waals surface area contributed by atoms with Crippen molar-refractivity contribution in [1.82, 2.24) is 0 Å². The van der Waals surface area contributed by atoms with E-state index in [0.717, 1.165) is 36.1 Å². The number of fused-ring (bicyclic) bond motifs is 1. The van der Waals surface area contributed by atoms with Crippen LogP contribution in [0.1, 0.15) is 29.5 Å². The van der Waals surface area contributed by atoms with Gasteiger partial charge in [-0.2, -0.15) is 0 Å². The molecule has 0 atom stereocenters. The molecule has 0 bridgehead atoms. The zero-order valence-corrected chi connectivity index (χ0v) is 17.1. The summed E-state index contributed by atoms with van der Waals surface area (Å²) in [5.74, 6) is 1.30. The van der Waals surface area contributed by atoms with Gasteiger partial charge in [-0.15, -0.1) is 0 Å². The molecule has 1 aliphatic rings. The molecular formula is C26H25NO3. The number of rotatable bonds is 8. The highest BCUT2D eigenvalue weighted by molar-refractivity contribution is 6.34. The first-order valence-electron chi connectivity index (χ1n) is 10.2. The Kier molecular flexibility index (Phi) is 6.14. The van der Waals surface area contributed by atoms with E-state index in [0.29, 0.717) is 23.7 Å². The third-order valence-corrected chi connectivity index (χ3v) is 5.17. The summed E-state index contributed by atoms with van der Waals surface area (Å²) in [7, 11) is 1.64. The normalized spacial score (nSPS) is 13.8. The monoisotopic (exact) mass is 399 g/mol. The molecule has 0 aromatic heterocycles. The van der Waals surface area contributed by atoms with Crippen molar-refractivity contribution in [3.05, 3.63) is 89.5 Å². The van der Waals surface area contributed by atoms with E-state index in [1.54, 1.807) is 7.11 Å². The summed E-state index contributed by atoms with van der Waals surface area (Å²) in [5.41, 5.74) is 4.67. The highest BCUT2D eigenvalue weighted by Crippen LogP contribution is 2.34. The minimum Gasteiger partial charge on any atom is -0.493 e. The minimum absolute atomic E-state index is 0.0876. The van der Waals surface area contributed by atoms with E-state index in [-0.39, 0.29) is 5.91 Å². The van der Waals surface area contributed by atoms with Crippen molar-refractivity contribution >= 4 is 23.2 Å². The summed E-state index contributed by atoms with van der Waals surface area (Å²) in [6.45, 7) is 0.618. The number of methoxy groups -OCH3 is 1. The van der Waals surface area contributed by atoms with Gasteiger partial charge in [0.25, 0.3) is 5.91 Å². The lowest BCUT2D eigenvalue weighted by atomic mass is 10.0. The SMILES string of the molecule is COc1ccc(C=C2C(=O)Nc3ccccc32)cc1OCCCCc1ccccc1. The molecule has 0 radical (unpaired) electrons. The zero-order chi connectivity index (χ0) is 20.8. The van der Waals surface area contributed by atoms with Crippen LogP contribution in [0, 0.1) is 0 Å². The zero-order valence-electron chi connectivity index (χ0n) is 17.1. The lowest BCUT2D eigenvalue weighted by molar-refractivity contribution is -0.110. The standard InChI is InChI=1S/C26H25NO3/c1-29-24-15-14-20(17-22-21-12-5-6-13-23(21)27-26(22)28)18-25(24)30-16-8-7-11-19-9-3-2-4-10-19/h2-6,9-10,12-15,17-18H,7-8,11,16H2,1H3,(H,27,28). The van der Waals surface area contributed by atoms with Crippen LogP contribution in [0.15, 0.2) is 72.8 Å². The van der Waals surface area contributed by atoms with Crippen molar-refractivity contribution in [3.63, 3.8) is 0 Å². The van der Waals surface area contributed by atoms with Crippen LogP contribution in [0.5, 0.6) is 11.5 Å². The van der Waals surface area contributed by atoms with Crippen molar-refractivity contribution in [1.29, 1.82) is 0 Å². The van der Waals surface area contributed by atoms with Crippen LogP contribution in [0.2, 0.25) is 0 Å². The number of ether oxygens (including phenoxy) is 2. The highest BCUT2D eigenvalue weighted by atomic mass is 16.5. The number of carbonyl (C=O) groups excluding carboxylic acids is 1. The molecule has 4 heteroatoms. The largest absolute Gasteiger partial charge is 0.493 e. The van der Waals surface area contributed by atoms with Crippen molar-refractivity contribution in [3.8, 4) is 11.5 Å². The van der Waals surface area contributed by atoms with E-state index in [4.69, 9.17) is 9.47 Å². The van der Waals surface area contributed by atoms with Crippen LogP contribution < -0.4 is 14.8 Å². The second kappa shape index (κ2) is 9.31. The molecule has 152 valence electrons. The second-order valence-corrected chi connectivity index (χ2v) is 7.26. The van der Waals surface area contributed by atoms with Gasteiger partial charge in [0.15, 0.2) is 11.5 Å². The van der Waals surface area contributed by atoms with Crippen LogP contribution in [0.4, 0.5) is 5.69 Å². The van der Waals surface area contributed by atoms with Gasteiger partial charge < -0.3 is 14.8 Å². The van der Waals surface area contributed by atoms with E-state index < -0.39 is 0 Å². The van der Waals surface area contributed by atoms with Gasteiger partial charge in [-0.1, -0.05) is 54.6 Å². The number of amides is 1. The van der Waals surface area contributed by atoms with Crippen molar-refractivity contribution in [2.45, 2.75) is 19.3 Å². The third kappa shape index (κ3) is 4.54. The van der Waals surface area contributed by atoms with E-state index >= 15 is 0 Å². The molecule has 0 unspecified atom stereocenters. The van der Waals surface area contributed by atoms with Gasteiger partial charge in [-0.3, -0.25) is 4.79 Å². The van der Waals surface area contributed by atoms with Crippen LogP contribution in [-0.4, -0.2) is 19.6 Å². The Morgan fingerprint density at radius 3 is 2.53 bits per heavy atom. The topological polar surface area (TPSA) is 47.6 Å². The maximum absolute atomic E-state index is 12.4. The molecule has 0 fully saturated rings. The van der Waals surface area contributed by atoms with Crippen LogP contribution in [-0.2, 0) is 11.2 Å². The highest BCUT2D eigenvalue weighted by Gasteiger charge is 2.23. The summed E-state index contributed by atoms with van der Waals surface area (Å²) in [5, 5.41) is 2.90. The number of aryl methyl sites for hydroxylation is 1. The predicted molar refractivity (Wildman–Crippen MR) is 121 cm³/mol. The van der Waals surface area contributed by atoms with Gasteiger partial charge >= 0.3 is 0 Å². The van der Waals surface area contributed by atoms with Gasteiger partial charge in [0.2, 0.25) is 0 Å². The molecule has 1 N–H and O–H groups in total. The van der Waals surface area contributed by atoms with Gasteiger partial charge in [0.05, 0.1) is 13.7 Å². The summed E-state index contributed by atoms with van der Waals surface area (Å²) in [6.07, 6.45) is 4.96. The first-order chi connectivity index (χ1) is 14.7. The molecule has 4 nitrogen and oxygen atoms in total. The number of hydrogen-bond donors (Lipinski definition) is 1. The first-order valence-corrected chi connectivity index (χ1v) is 10.2. The second-order valence-electron chi connectivity index (χ2n) is 7.26.